The number of rotatable bonds is 4. The van der Waals surface area contributed by atoms with Crippen LogP contribution in [0.25, 0.3) is 0 Å². The molecular formula is C20H22Cl2N2O3S. The second-order valence-corrected chi connectivity index (χ2v) is 9.92. The van der Waals surface area contributed by atoms with E-state index in [1.165, 1.54) is 16.4 Å². The number of benzene rings is 2. The summed E-state index contributed by atoms with van der Waals surface area (Å²) >= 11 is 12.0. The maximum absolute atomic E-state index is 13.0. The van der Waals surface area contributed by atoms with Crippen molar-refractivity contribution in [2.75, 3.05) is 18.4 Å². The number of amides is 1. The van der Waals surface area contributed by atoms with E-state index in [4.69, 9.17) is 23.2 Å². The first-order valence-corrected chi connectivity index (χ1v) is 11.3. The Kier molecular flexibility index (Phi) is 6.34. The number of nitrogens with zero attached hydrogens (tertiary/aromatic N) is 1. The van der Waals surface area contributed by atoms with Crippen molar-refractivity contribution < 1.29 is 13.2 Å². The molecule has 2 aromatic carbocycles. The van der Waals surface area contributed by atoms with Crippen LogP contribution in [0.4, 0.5) is 5.69 Å². The number of nitrogens with one attached hydrogen (secondary N) is 1. The molecule has 150 valence electrons. The fourth-order valence-corrected chi connectivity index (χ4v) is 5.11. The molecule has 1 aliphatic rings. The average Bonchev–Trinajstić information content (AvgIpc) is 2.64. The minimum Gasteiger partial charge on any atom is -0.321 e. The van der Waals surface area contributed by atoms with Crippen molar-refractivity contribution in [3.63, 3.8) is 0 Å². The van der Waals surface area contributed by atoms with E-state index in [1.54, 1.807) is 31.2 Å². The number of carbonyl (C=O) groups is 1. The summed E-state index contributed by atoms with van der Waals surface area (Å²) in [5, 5.41) is 3.49. The predicted octanol–water partition coefficient (Wildman–Crippen LogP) is 4.97. The van der Waals surface area contributed by atoms with Gasteiger partial charge in [0.05, 0.1) is 15.6 Å². The zero-order valence-corrected chi connectivity index (χ0v) is 18.0. The second kappa shape index (κ2) is 8.41. The Hall–Kier alpha value is -1.60. The van der Waals surface area contributed by atoms with Crippen LogP contribution in [-0.4, -0.2) is 31.7 Å². The van der Waals surface area contributed by atoms with Gasteiger partial charge in [0.25, 0.3) is 5.91 Å². The maximum Gasteiger partial charge on any atom is 0.256 e. The van der Waals surface area contributed by atoms with Gasteiger partial charge < -0.3 is 5.32 Å². The molecule has 1 amide bonds. The number of sulfonamides is 1. The molecule has 0 aliphatic carbocycles. The van der Waals surface area contributed by atoms with Crippen LogP contribution in [0.1, 0.15) is 35.7 Å². The van der Waals surface area contributed by atoms with Crippen LogP contribution < -0.4 is 5.32 Å². The summed E-state index contributed by atoms with van der Waals surface area (Å²) in [6.07, 6.45) is 1.68. The molecule has 0 saturated carbocycles. The van der Waals surface area contributed by atoms with Gasteiger partial charge in [-0.25, -0.2) is 8.42 Å². The zero-order chi connectivity index (χ0) is 20.5. The average molecular weight is 441 g/mol. The lowest BCUT2D eigenvalue weighted by molar-refractivity contribution is 0.102. The van der Waals surface area contributed by atoms with Gasteiger partial charge >= 0.3 is 0 Å². The Morgan fingerprint density at radius 3 is 2.43 bits per heavy atom. The van der Waals surface area contributed by atoms with Crippen molar-refractivity contribution in [2.45, 2.75) is 31.6 Å². The minimum atomic E-state index is -3.64. The molecule has 0 atom stereocenters. The monoisotopic (exact) mass is 440 g/mol. The Balaban J connectivity index is 1.87. The first-order valence-electron chi connectivity index (χ1n) is 9.05. The summed E-state index contributed by atoms with van der Waals surface area (Å²) in [5.74, 6) is 0.0981. The van der Waals surface area contributed by atoms with E-state index in [0.717, 1.165) is 12.8 Å². The summed E-state index contributed by atoms with van der Waals surface area (Å²) in [7, 11) is -3.64. The predicted molar refractivity (Wildman–Crippen MR) is 113 cm³/mol. The minimum absolute atomic E-state index is 0.125. The van der Waals surface area contributed by atoms with Gasteiger partial charge in [0.1, 0.15) is 0 Å². The lowest BCUT2D eigenvalue weighted by Crippen LogP contribution is -2.38. The third kappa shape index (κ3) is 4.51. The molecule has 0 spiro atoms. The summed E-state index contributed by atoms with van der Waals surface area (Å²) in [6.45, 7) is 4.89. The van der Waals surface area contributed by atoms with E-state index in [0.29, 0.717) is 40.3 Å². The summed E-state index contributed by atoms with van der Waals surface area (Å²) in [4.78, 5) is 12.9. The first-order chi connectivity index (χ1) is 13.2. The molecule has 0 bridgehead atoms. The molecule has 1 heterocycles. The van der Waals surface area contributed by atoms with Crippen LogP contribution in [0.3, 0.4) is 0 Å². The van der Waals surface area contributed by atoms with Gasteiger partial charge in [-0.3, -0.25) is 4.79 Å². The smallest absolute Gasteiger partial charge is 0.256 e. The topological polar surface area (TPSA) is 66.5 Å². The second-order valence-electron chi connectivity index (χ2n) is 7.14. The van der Waals surface area contributed by atoms with Gasteiger partial charge in [0.15, 0.2) is 0 Å². The third-order valence-corrected chi connectivity index (χ3v) is 7.46. The standard InChI is InChI=1S/C20H22Cl2N2O3S/c1-13-7-9-24(10-8-13)28(26,27)16-5-3-14(2)17(12-16)20(25)23-19-6-4-15(21)11-18(19)22/h3-6,11-13H,7-10H2,1-2H3,(H,23,25). The lowest BCUT2D eigenvalue weighted by atomic mass is 10.0. The van der Waals surface area contributed by atoms with Crippen molar-refractivity contribution in [1.82, 2.24) is 4.31 Å². The third-order valence-electron chi connectivity index (χ3n) is 5.01. The van der Waals surface area contributed by atoms with Crippen molar-refractivity contribution in [3.8, 4) is 0 Å². The van der Waals surface area contributed by atoms with E-state index < -0.39 is 15.9 Å². The number of carbonyl (C=O) groups excluding carboxylic acids is 1. The lowest BCUT2D eigenvalue weighted by Gasteiger charge is -2.29. The Bertz CT molecular complexity index is 1000. The summed E-state index contributed by atoms with van der Waals surface area (Å²) in [5.41, 5.74) is 1.38. The molecule has 0 aromatic heterocycles. The van der Waals surface area contributed by atoms with Gasteiger partial charge in [0, 0.05) is 23.7 Å². The highest BCUT2D eigenvalue weighted by atomic mass is 35.5. The fraction of sp³-hybridized carbons (Fsp3) is 0.350. The molecule has 1 aliphatic heterocycles. The van der Waals surface area contributed by atoms with Crippen molar-refractivity contribution in [1.29, 1.82) is 0 Å². The Morgan fingerprint density at radius 2 is 1.79 bits per heavy atom. The SMILES string of the molecule is Cc1ccc(S(=O)(=O)N2CCC(C)CC2)cc1C(=O)Nc1ccc(Cl)cc1Cl. The number of anilines is 1. The van der Waals surface area contributed by atoms with Gasteiger partial charge in [-0.15, -0.1) is 0 Å². The van der Waals surface area contributed by atoms with Crippen LogP contribution in [0.5, 0.6) is 0 Å². The molecular weight excluding hydrogens is 419 g/mol. The summed E-state index contributed by atoms with van der Waals surface area (Å²) in [6, 6.07) is 9.39. The quantitative estimate of drug-likeness (QED) is 0.728. The molecule has 2 aromatic rings. The van der Waals surface area contributed by atoms with E-state index in [1.807, 2.05) is 0 Å². The molecule has 1 fully saturated rings. The Morgan fingerprint density at radius 1 is 1.11 bits per heavy atom. The van der Waals surface area contributed by atoms with Crippen LogP contribution in [0, 0.1) is 12.8 Å². The number of piperidine rings is 1. The van der Waals surface area contributed by atoms with Gasteiger partial charge in [-0.05, 0) is 61.6 Å². The molecule has 3 rings (SSSR count). The molecule has 28 heavy (non-hydrogen) atoms. The van der Waals surface area contributed by atoms with Crippen LogP contribution >= 0.6 is 23.2 Å². The maximum atomic E-state index is 13.0. The van der Waals surface area contributed by atoms with E-state index in [9.17, 15) is 13.2 Å². The highest BCUT2D eigenvalue weighted by Gasteiger charge is 2.29. The number of aryl methyl sites for hydroxylation is 1. The highest BCUT2D eigenvalue weighted by molar-refractivity contribution is 7.89. The molecule has 8 heteroatoms. The van der Waals surface area contributed by atoms with Gasteiger partial charge in [-0.1, -0.05) is 36.2 Å². The summed E-state index contributed by atoms with van der Waals surface area (Å²) < 4.78 is 27.5. The number of halogens is 2. The van der Waals surface area contributed by atoms with Gasteiger partial charge in [-0.2, -0.15) is 4.31 Å². The number of hydrogen-bond acceptors (Lipinski definition) is 3. The van der Waals surface area contributed by atoms with Crippen molar-refractivity contribution >= 4 is 44.8 Å². The van der Waals surface area contributed by atoms with E-state index >= 15 is 0 Å². The number of hydrogen-bond donors (Lipinski definition) is 1. The Labute approximate surface area is 175 Å². The molecule has 5 nitrogen and oxygen atoms in total. The van der Waals surface area contributed by atoms with Crippen LogP contribution in [-0.2, 0) is 10.0 Å². The first kappa shape index (κ1) is 21.1. The highest BCUT2D eigenvalue weighted by Crippen LogP contribution is 2.28. The van der Waals surface area contributed by atoms with Crippen LogP contribution in [0.2, 0.25) is 10.0 Å². The van der Waals surface area contributed by atoms with Crippen molar-refractivity contribution in [3.05, 3.63) is 57.6 Å². The van der Waals surface area contributed by atoms with Gasteiger partial charge in [0.2, 0.25) is 10.0 Å². The molecule has 0 unspecified atom stereocenters. The largest absolute Gasteiger partial charge is 0.321 e. The van der Waals surface area contributed by atoms with Crippen molar-refractivity contribution in [2.24, 2.45) is 5.92 Å². The molecule has 1 N–H and O–H groups in total. The van der Waals surface area contributed by atoms with E-state index in [2.05, 4.69) is 12.2 Å². The molecule has 1 saturated heterocycles. The van der Waals surface area contributed by atoms with E-state index in [-0.39, 0.29) is 10.5 Å². The zero-order valence-electron chi connectivity index (χ0n) is 15.7. The normalized spacial score (nSPS) is 16.1. The molecule has 0 radical (unpaired) electrons. The fourth-order valence-electron chi connectivity index (χ4n) is 3.16. The van der Waals surface area contributed by atoms with Crippen LogP contribution in [0.15, 0.2) is 41.3 Å².